The van der Waals surface area contributed by atoms with Crippen molar-refractivity contribution in [2.45, 2.75) is 51.6 Å². The molecule has 0 radical (unpaired) electrons. The summed E-state index contributed by atoms with van der Waals surface area (Å²) in [5.74, 6) is 0.972. The molecule has 0 saturated heterocycles. The molecule has 0 spiro atoms. The molecule has 106 valence electrons. The van der Waals surface area contributed by atoms with Crippen molar-refractivity contribution in [1.82, 2.24) is 14.5 Å². The van der Waals surface area contributed by atoms with E-state index < -0.39 is 0 Å². The van der Waals surface area contributed by atoms with E-state index in [2.05, 4.69) is 26.0 Å². The first-order valence-electron chi connectivity index (χ1n) is 7.52. The van der Waals surface area contributed by atoms with Gasteiger partial charge in [-0.2, -0.15) is 0 Å². The summed E-state index contributed by atoms with van der Waals surface area (Å²) < 4.78 is 2.30. The van der Waals surface area contributed by atoms with E-state index in [1.165, 1.54) is 32.1 Å². The van der Waals surface area contributed by atoms with Crippen molar-refractivity contribution in [2.75, 3.05) is 5.32 Å². The third-order valence-corrected chi connectivity index (χ3v) is 4.01. The Bertz CT molecular complexity index is 555. The number of pyridine rings is 1. The Labute approximate surface area is 120 Å². The van der Waals surface area contributed by atoms with E-state index in [0.717, 1.165) is 23.9 Å². The zero-order valence-electron chi connectivity index (χ0n) is 12.0. The van der Waals surface area contributed by atoms with E-state index in [-0.39, 0.29) is 0 Å². The average Bonchev–Trinajstić information content (AvgIpc) is 2.95. The number of hydrogen-bond acceptors (Lipinski definition) is 3. The number of aromatic nitrogens is 3. The van der Waals surface area contributed by atoms with Gasteiger partial charge in [-0.15, -0.1) is 0 Å². The lowest BCUT2D eigenvalue weighted by Crippen LogP contribution is -2.15. The van der Waals surface area contributed by atoms with Gasteiger partial charge in [-0.25, -0.2) is 4.98 Å². The molecule has 2 aromatic rings. The zero-order chi connectivity index (χ0) is 13.8. The van der Waals surface area contributed by atoms with Crippen LogP contribution in [0.15, 0.2) is 30.6 Å². The first-order chi connectivity index (χ1) is 9.83. The van der Waals surface area contributed by atoms with Crippen LogP contribution in [0.3, 0.4) is 0 Å². The number of nitrogens with zero attached hydrogens (tertiary/aromatic N) is 3. The molecule has 1 aliphatic carbocycles. The van der Waals surface area contributed by atoms with Crippen molar-refractivity contribution < 1.29 is 0 Å². The second kappa shape index (κ2) is 6.07. The molecular formula is C16H22N4. The monoisotopic (exact) mass is 270 g/mol. The zero-order valence-corrected chi connectivity index (χ0v) is 12.0. The normalized spacial score (nSPS) is 16.2. The molecule has 1 aliphatic rings. The molecule has 0 aliphatic heterocycles. The van der Waals surface area contributed by atoms with Crippen LogP contribution in [0.4, 0.5) is 5.95 Å². The molecule has 1 saturated carbocycles. The van der Waals surface area contributed by atoms with Crippen LogP contribution in [0.1, 0.15) is 49.5 Å². The van der Waals surface area contributed by atoms with Crippen LogP contribution in [0.2, 0.25) is 0 Å². The number of nitrogens with one attached hydrogen (secondary N) is 1. The maximum Gasteiger partial charge on any atom is 0.203 e. The molecule has 0 aromatic carbocycles. The summed E-state index contributed by atoms with van der Waals surface area (Å²) >= 11 is 0. The third-order valence-electron chi connectivity index (χ3n) is 4.01. The Morgan fingerprint density at radius 3 is 2.90 bits per heavy atom. The van der Waals surface area contributed by atoms with Crippen molar-refractivity contribution in [3.05, 3.63) is 42.0 Å². The van der Waals surface area contributed by atoms with E-state index in [4.69, 9.17) is 0 Å². The van der Waals surface area contributed by atoms with Crippen molar-refractivity contribution >= 4 is 5.95 Å². The predicted molar refractivity (Wildman–Crippen MR) is 80.6 cm³/mol. The first-order valence-corrected chi connectivity index (χ1v) is 7.52. The van der Waals surface area contributed by atoms with Gasteiger partial charge in [0.2, 0.25) is 5.95 Å². The SMILES string of the molecule is Cc1cccc(CNc2nccn2C2CCCCC2)n1. The fourth-order valence-electron chi connectivity index (χ4n) is 2.97. The molecule has 3 rings (SSSR count). The Morgan fingerprint density at radius 1 is 1.25 bits per heavy atom. The molecule has 0 bridgehead atoms. The molecule has 1 N–H and O–H groups in total. The van der Waals surface area contributed by atoms with Crippen LogP contribution in [0, 0.1) is 6.92 Å². The summed E-state index contributed by atoms with van der Waals surface area (Å²) in [4.78, 5) is 8.97. The summed E-state index contributed by atoms with van der Waals surface area (Å²) in [5.41, 5.74) is 2.11. The number of aryl methyl sites for hydroxylation is 1. The van der Waals surface area contributed by atoms with Crippen LogP contribution in [-0.4, -0.2) is 14.5 Å². The molecule has 20 heavy (non-hydrogen) atoms. The van der Waals surface area contributed by atoms with Crippen LogP contribution in [0.25, 0.3) is 0 Å². The predicted octanol–water partition coefficient (Wildman–Crippen LogP) is 3.70. The van der Waals surface area contributed by atoms with Gasteiger partial charge in [-0.05, 0) is 31.9 Å². The summed E-state index contributed by atoms with van der Waals surface area (Å²) in [6.45, 7) is 2.75. The Kier molecular flexibility index (Phi) is 4.00. The van der Waals surface area contributed by atoms with E-state index in [9.17, 15) is 0 Å². The van der Waals surface area contributed by atoms with E-state index in [0.29, 0.717) is 6.04 Å². The maximum absolute atomic E-state index is 4.52. The van der Waals surface area contributed by atoms with Crippen LogP contribution < -0.4 is 5.32 Å². The fraction of sp³-hybridized carbons (Fsp3) is 0.500. The topological polar surface area (TPSA) is 42.7 Å². The fourth-order valence-corrected chi connectivity index (χ4v) is 2.97. The van der Waals surface area contributed by atoms with Crippen LogP contribution >= 0.6 is 0 Å². The smallest absolute Gasteiger partial charge is 0.203 e. The quantitative estimate of drug-likeness (QED) is 0.921. The molecule has 0 amide bonds. The highest BCUT2D eigenvalue weighted by molar-refractivity contribution is 5.28. The summed E-state index contributed by atoms with van der Waals surface area (Å²) in [6, 6.07) is 6.73. The van der Waals surface area contributed by atoms with Gasteiger partial charge >= 0.3 is 0 Å². The second-order valence-corrected chi connectivity index (χ2v) is 5.57. The lowest BCUT2D eigenvalue weighted by Gasteiger charge is -2.24. The number of anilines is 1. The van der Waals surface area contributed by atoms with Crippen LogP contribution in [0.5, 0.6) is 0 Å². The van der Waals surface area contributed by atoms with Crippen LogP contribution in [-0.2, 0) is 6.54 Å². The summed E-state index contributed by atoms with van der Waals surface area (Å²) in [7, 11) is 0. The van der Waals surface area contributed by atoms with Crippen molar-refractivity contribution in [2.24, 2.45) is 0 Å². The van der Waals surface area contributed by atoms with Crippen molar-refractivity contribution in [1.29, 1.82) is 0 Å². The molecule has 0 atom stereocenters. The third kappa shape index (κ3) is 3.00. The highest BCUT2D eigenvalue weighted by Crippen LogP contribution is 2.30. The van der Waals surface area contributed by atoms with Crippen molar-refractivity contribution in [3.8, 4) is 0 Å². The molecular weight excluding hydrogens is 248 g/mol. The minimum absolute atomic E-state index is 0.610. The minimum atomic E-state index is 0.610. The minimum Gasteiger partial charge on any atom is -0.350 e. The summed E-state index contributed by atoms with van der Waals surface area (Å²) in [6.07, 6.45) is 10.6. The highest BCUT2D eigenvalue weighted by Gasteiger charge is 2.17. The van der Waals surface area contributed by atoms with E-state index in [1.807, 2.05) is 31.3 Å². The molecule has 2 aromatic heterocycles. The molecule has 4 nitrogen and oxygen atoms in total. The van der Waals surface area contributed by atoms with Gasteiger partial charge in [-0.1, -0.05) is 25.3 Å². The maximum atomic E-state index is 4.52. The number of rotatable bonds is 4. The lowest BCUT2D eigenvalue weighted by atomic mass is 9.95. The number of hydrogen-bond donors (Lipinski definition) is 1. The van der Waals surface area contributed by atoms with Gasteiger partial charge in [0, 0.05) is 24.1 Å². The van der Waals surface area contributed by atoms with Gasteiger partial charge in [-0.3, -0.25) is 4.98 Å². The Morgan fingerprint density at radius 2 is 2.10 bits per heavy atom. The van der Waals surface area contributed by atoms with Gasteiger partial charge in [0.15, 0.2) is 0 Å². The second-order valence-electron chi connectivity index (χ2n) is 5.57. The first kappa shape index (κ1) is 13.2. The molecule has 0 unspecified atom stereocenters. The van der Waals surface area contributed by atoms with Gasteiger partial charge < -0.3 is 9.88 Å². The highest BCUT2D eigenvalue weighted by atomic mass is 15.2. The lowest BCUT2D eigenvalue weighted by molar-refractivity contribution is 0.356. The van der Waals surface area contributed by atoms with Crippen molar-refractivity contribution in [3.63, 3.8) is 0 Å². The van der Waals surface area contributed by atoms with E-state index >= 15 is 0 Å². The van der Waals surface area contributed by atoms with Gasteiger partial charge in [0.25, 0.3) is 0 Å². The average molecular weight is 270 g/mol. The Hall–Kier alpha value is -1.84. The van der Waals surface area contributed by atoms with Gasteiger partial charge in [0.1, 0.15) is 0 Å². The largest absolute Gasteiger partial charge is 0.350 e. The Balaban J connectivity index is 1.67. The number of imidazole rings is 1. The standard InChI is InChI=1S/C16H22N4/c1-13-6-5-7-14(19-13)12-18-16-17-10-11-20(16)15-8-3-2-4-9-15/h5-7,10-11,15H,2-4,8-9,12H2,1H3,(H,17,18). The summed E-state index contributed by atoms with van der Waals surface area (Å²) in [5, 5.41) is 3.42. The molecule has 1 fully saturated rings. The van der Waals surface area contributed by atoms with E-state index in [1.54, 1.807) is 0 Å². The molecule has 2 heterocycles. The molecule has 4 heteroatoms. The van der Waals surface area contributed by atoms with Gasteiger partial charge in [0.05, 0.1) is 12.2 Å².